The molecule has 1 aliphatic rings. The summed E-state index contributed by atoms with van der Waals surface area (Å²) >= 11 is 0. The molecule has 1 N–H and O–H groups in total. The molecule has 0 atom stereocenters. The summed E-state index contributed by atoms with van der Waals surface area (Å²) in [6.07, 6.45) is 7.05. The molecule has 7 nitrogen and oxygen atoms in total. The average molecular weight is 437 g/mol. The van der Waals surface area contributed by atoms with Crippen LogP contribution in [0.1, 0.15) is 38.5 Å². The number of amides is 1. The number of hydrogen-bond donors (Lipinski definition) is 1. The number of methoxy groups -OCH3 is 2. The van der Waals surface area contributed by atoms with Gasteiger partial charge in [-0.1, -0.05) is 25.7 Å². The Morgan fingerprint density at radius 3 is 2.22 bits per heavy atom. The van der Waals surface area contributed by atoms with Gasteiger partial charge in [0.1, 0.15) is 11.5 Å². The molecule has 0 aliphatic heterocycles. The predicted octanol–water partition coefficient (Wildman–Crippen LogP) is 6.25. The van der Waals surface area contributed by atoms with E-state index in [0.717, 1.165) is 36.6 Å². The van der Waals surface area contributed by atoms with E-state index in [1.165, 1.54) is 17.7 Å². The molecule has 0 radical (unpaired) electrons. The molecule has 4 rings (SSSR count). The highest BCUT2D eigenvalue weighted by Gasteiger charge is 2.25. The fourth-order valence-corrected chi connectivity index (χ4v) is 4.33. The van der Waals surface area contributed by atoms with Gasteiger partial charge in [0, 0.05) is 29.4 Å². The molecule has 32 heavy (non-hydrogen) atoms. The van der Waals surface area contributed by atoms with Gasteiger partial charge in [-0.25, -0.2) is 4.79 Å². The van der Waals surface area contributed by atoms with Crippen LogP contribution in [0, 0.1) is 0 Å². The Morgan fingerprint density at radius 2 is 1.59 bits per heavy atom. The number of nitrogens with zero attached hydrogens (tertiary/aromatic N) is 2. The fourth-order valence-electron chi connectivity index (χ4n) is 4.33. The Labute approximate surface area is 187 Å². The van der Waals surface area contributed by atoms with Crippen LogP contribution in [0.2, 0.25) is 0 Å². The minimum atomic E-state index is -0.910. The van der Waals surface area contributed by atoms with Crippen LogP contribution in [0.15, 0.2) is 48.7 Å². The van der Waals surface area contributed by atoms with Crippen molar-refractivity contribution in [1.29, 1.82) is 0 Å². The van der Waals surface area contributed by atoms with Crippen LogP contribution < -0.4 is 19.1 Å². The number of pyridine rings is 1. The van der Waals surface area contributed by atoms with E-state index in [4.69, 9.17) is 14.2 Å². The minimum absolute atomic E-state index is 0.0216. The Bertz CT molecular complexity index is 1080. The second kappa shape index (κ2) is 9.77. The van der Waals surface area contributed by atoms with Crippen molar-refractivity contribution in [2.75, 3.05) is 19.1 Å². The standard InChI is InChI=1S/C25H28N2O5/c1-30-23-15-20-21(16-24(23)31-2)26-14-13-22(20)32-19-11-9-18(10-12-19)27(25(28)29)17-7-5-3-4-6-8-17/h9-17H,3-8H2,1-2H3,(H,28,29). The van der Waals surface area contributed by atoms with Crippen LogP contribution in [0.25, 0.3) is 10.9 Å². The molecule has 0 unspecified atom stereocenters. The summed E-state index contributed by atoms with van der Waals surface area (Å²) in [4.78, 5) is 17.9. The third kappa shape index (κ3) is 4.56. The normalized spacial score (nSPS) is 14.6. The first-order valence-electron chi connectivity index (χ1n) is 10.9. The highest BCUT2D eigenvalue weighted by Crippen LogP contribution is 2.37. The lowest BCUT2D eigenvalue weighted by Gasteiger charge is -2.28. The first-order valence-corrected chi connectivity index (χ1v) is 10.9. The van der Waals surface area contributed by atoms with Gasteiger partial charge < -0.3 is 19.3 Å². The third-order valence-electron chi connectivity index (χ3n) is 5.95. The maximum atomic E-state index is 12.0. The second-order valence-corrected chi connectivity index (χ2v) is 7.93. The van der Waals surface area contributed by atoms with Gasteiger partial charge in [-0.3, -0.25) is 9.88 Å². The molecule has 1 aromatic heterocycles. The molecular weight excluding hydrogens is 408 g/mol. The molecule has 0 bridgehead atoms. The van der Waals surface area contributed by atoms with Crippen LogP contribution in [0.4, 0.5) is 10.5 Å². The molecule has 2 aromatic carbocycles. The van der Waals surface area contributed by atoms with Gasteiger partial charge >= 0.3 is 6.09 Å². The maximum Gasteiger partial charge on any atom is 0.412 e. The summed E-state index contributed by atoms with van der Waals surface area (Å²) < 4.78 is 16.9. The van der Waals surface area contributed by atoms with Crippen molar-refractivity contribution in [2.24, 2.45) is 0 Å². The molecule has 7 heteroatoms. The first kappa shape index (κ1) is 21.7. The van der Waals surface area contributed by atoms with Crippen molar-refractivity contribution >= 4 is 22.7 Å². The Balaban J connectivity index is 1.59. The van der Waals surface area contributed by atoms with Gasteiger partial charge in [-0.2, -0.15) is 0 Å². The van der Waals surface area contributed by atoms with E-state index >= 15 is 0 Å². The maximum absolute atomic E-state index is 12.0. The molecule has 0 saturated heterocycles. The van der Waals surface area contributed by atoms with E-state index in [2.05, 4.69) is 4.98 Å². The van der Waals surface area contributed by atoms with E-state index in [1.54, 1.807) is 50.7 Å². The largest absolute Gasteiger partial charge is 0.493 e. The summed E-state index contributed by atoms with van der Waals surface area (Å²) in [6, 6.07) is 12.7. The second-order valence-electron chi connectivity index (χ2n) is 7.93. The number of carbonyl (C=O) groups is 1. The lowest BCUT2D eigenvalue weighted by molar-refractivity contribution is 0.198. The first-order chi connectivity index (χ1) is 15.6. The lowest BCUT2D eigenvalue weighted by atomic mass is 10.1. The molecule has 168 valence electrons. The van der Waals surface area contributed by atoms with Gasteiger partial charge in [0.25, 0.3) is 0 Å². The SMILES string of the molecule is COc1cc2nccc(Oc3ccc(N(C(=O)O)C4CCCCCC4)cc3)c2cc1OC. The van der Waals surface area contributed by atoms with Crippen molar-refractivity contribution in [3.63, 3.8) is 0 Å². The summed E-state index contributed by atoms with van der Waals surface area (Å²) in [5.74, 6) is 2.43. The van der Waals surface area contributed by atoms with E-state index in [9.17, 15) is 9.90 Å². The van der Waals surface area contributed by atoms with Crippen LogP contribution in [0.3, 0.4) is 0 Å². The molecule has 3 aromatic rings. The van der Waals surface area contributed by atoms with Crippen molar-refractivity contribution in [3.05, 3.63) is 48.7 Å². The van der Waals surface area contributed by atoms with E-state index in [0.29, 0.717) is 28.7 Å². The average Bonchev–Trinajstić information content (AvgIpc) is 3.09. The Morgan fingerprint density at radius 1 is 0.938 bits per heavy atom. The summed E-state index contributed by atoms with van der Waals surface area (Å²) in [6.45, 7) is 0. The summed E-state index contributed by atoms with van der Waals surface area (Å²) in [5, 5.41) is 10.6. The van der Waals surface area contributed by atoms with Gasteiger partial charge in [-0.05, 0) is 49.2 Å². The number of rotatable bonds is 6. The van der Waals surface area contributed by atoms with Crippen LogP contribution >= 0.6 is 0 Å². The van der Waals surface area contributed by atoms with Gasteiger partial charge in [0.05, 0.1) is 19.7 Å². The smallest absolute Gasteiger partial charge is 0.412 e. The lowest BCUT2D eigenvalue weighted by Crippen LogP contribution is -2.39. The highest BCUT2D eigenvalue weighted by atomic mass is 16.5. The number of ether oxygens (including phenoxy) is 3. The van der Waals surface area contributed by atoms with Gasteiger partial charge in [0.15, 0.2) is 11.5 Å². The zero-order valence-electron chi connectivity index (χ0n) is 18.4. The fraction of sp³-hybridized carbons (Fsp3) is 0.360. The number of hydrogen-bond acceptors (Lipinski definition) is 5. The molecule has 1 fully saturated rings. The van der Waals surface area contributed by atoms with Crippen molar-refractivity contribution in [3.8, 4) is 23.0 Å². The monoisotopic (exact) mass is 436 g/mol. The molecule has 0 spiro atoms. The highest BCUT2D eigenvalue weighted by molar-refractivity contribution is 5.89. The van der Waals surface area contributed by atoms with Crippen molar-refractivity contribution in [2.45, 2.75) is 44.6 Å². The van der Waals surface area contributed by atoms with Gasteiger partial charge in [-0.15, -0.1) is 0 Å². The summed E-state index contributed by atoms with van der Waals surface area (Å²) in [7, 11) is 3.17. The quantitative estimate of drug-likeness (QED) is 0.460. The Kier molecular flexibility index (Phi) is 6.63. The van der Waals surface area contributed by atoms with E-state index in [-0.39, 0.29) is 6.04 Å². The van der Waals surface area contributed by atoms with Crippen LogP contribution in [-0.2, 0) is 0 Å². The Hall–Kier alpha value is -3.48. The predicted molar refractivity (Wildman–Crippen MR) is 123 cm³/mol. The number of benzene rings is 2. The molecular formula is C25H28N2O5. The minimum Gasteiger partial charge on any atom is -0.493 e. The number of aromatic nitrogens is 1. The molecule has 1 saturated carbocycles. The van der Waals surface area contributed by atoms with E-state index < -0.39 is 6.09 Å². The van der Waals surface area contributed by atoms with Crippen molar-refractivity contribution in [1.82, 2.24) is 4.98 Å². The summed E-state index contributed by atoms with van der Waals surface area (Å²) in [5.41, 5.74) is 1.39. The molecule has 1 amide bonds. The van der Waals surface area contributed by atoms with Gasteiger partial charge in [0.2, 0.25) is 0 Å². The zero-order chi connectivity index (χ0) is 22.5. The van der Waals surface area contributed by atoms with Crippen LogP contribution in [-0.4, -0.2) is 36.4 Å². The van der Waals surface area contributed by atoms with Crippen molar-refractivity contribution < 1.29 is 24.1 Å². The third-order valence-corrected chi connectivity index (χ3v) is 5.95. The molecule has 1 aliphatic carbocycles. The van der Waals surface area contributed by atoms with Crippen LogP contribution in [0.5, 0.6) is 23.0 Å². The topological polar surface area (TPSA) is 81.1 Å². The zero-order valence-corrected chi connectivity index (χ0v) is 18.4. The number of carboxylic acid groups (broad SMARTS) is 1. The molecule has 1 heterocycles. The number of fused-ring (bicyclic) bond motifs is 1. The number of anilines is 1. The van der Waals surface area contributed by atoms with E-state index in [1.807, 2.05) is 12.1 Å².